The smallest absolute Gasteiger partial charge is 0.0625 e. The van der Waals surface area contributed by atoms with E-state index >= 15 is 0 Å². The number of aryl methyl sites for hydroxylation is 1. The summed E-state index contributed by atoms with van der Waals surface area (Å²) in [6.45, 7) is 0. The molecule has 1 rings (SSSR count). The summed E-state index contributed by atoms with van der Waals surface area (Å²) in [6.07, 6.45) is 3.48. The van der Waals surface area contributed by atoms with E-state index in [0.29, 0.717) is 6.42 Å². The van der Waals surface area contributed by atoms with E-state index in [1.807, 2.05) is 0 Å². The first-order valence-electron chi connectivity index (χ1n) is 3.96. The minimum absolute atomic E-state index is 0.588. The van der Waals surface area contributed by atoms with Crippen LogP contribution in [0.25, 0.3) is 0 Å². The van der Waals surface area contributed by atoms with Crippen molar-refractivity contribution in [3.8, 4) is 6.07 Å². The van der Waals surface area contributed by atoms with Gasteiger partial charge in [-0.05, 0) is 36.4 Å². The molecule has 68 valence electrons. The Balaban J connectivity index is 2.83. The molecule has 0 aliphatic heterocycles. The Morgan fingerprint density at radius 1 is 1.46 bits per heavy atom. The van der Waals surface area contributed by atoms with Gasteiger partial charge in [0, 0.05) is 15.8 Å². The van der Waals surface area contributed by atoms with Crippen LogP contribution in [0.4, 0.5) is 0 Å². The fourth-order valence-corrected chi connectivity index (χ4v) is 2.29. The predicted octanol–water partition coefficient (Wildman–Crippen LogP) is 3.63. The van der Waals surface area contributed by atoms with Crippen molar-refractivity contribution in [3.63, 3.8) is 0 Å². The molecule has 0 heterocycles. The van der Waals surface area contributed by atoms with Crippen LogP contribution in [-0.4, -0.2) is 6.26 Å². The zero-order chi connectivity index (χ0) is 9.68. The van der Waals surface area contributed by atoms with Crippen LogP contribution in [0.1, 0.15) is 12.0 Å². The third-order valence-electron chi connectivity index (χ3n) is 1.69. The summed E-state index contributed by atoms with van der Waals surface area (Å²) < 4.78 is 1.09. The van der Waals surface area contributed by atoms with E-state index in [2.05, 4.69) is 46.5 Å². The fourth-order valence-electron chi connectivity index (χ4n) is 1.08. The molecule has 1 aromatic rings. The number of rotatable bonds is 3. The van der Waals surface area contributed by atoms with Gasteiger partial charge in [0.15, 0.2) is 0 Å². The topological polar surface area (TPSA) is 23.8 Å². The SMILES string of the molecule is CSc1cc(Br)cc(CCC#N)c1. The monoisotopic (exact) mass is 255 g/mol. The van der Waals surface area contributed by atoms with Gasteiger partial charge in [-0.15, -0.1) is 11.8 Å². The minimum Gasteiger partial charge on any atom is -0.198 e. The maximum absolute atomic E-state index is 8.46. The van der Waals surface area contributed by atoms with Gasteiger partial charge in [0.05, 0.1) is 6.07 Å². The number of benzene rings is 1. The summed E-state index contributed by atoms with van der Waals surface area (Å²) in [5.41, 5.74) is 1.22. The lowest BCUT2D eigenvalue weighted by Crippen LogP contribution is -1.84. The van der Waals surface area contributed by atoms with E-state index in [9.17, 15) is 0 Å². The maximum Gasteiger partial charge on any atom is 0.0625 e. The predicted molar refractivity (Wildman–Crippen MR) is 59.9 cm³/mol. The summed E-state index contributed by atoms with van der Waals surface area (Å²) in [5.74, 6) is 0. The number of nitrogens with zero attached hydrogens (tertiary/aromatic N) is 1. The second-order valence-electron chi connectivity index (χ2n) is 2.66. The van der Waals surface area contributed by atoms with Crippen molar-refractivity contribution in [2.24, 2.45) is 0 Å². The van der Waals surface area contributed by atoms with Crippen LogP contribution in [0, 0.1) is 11.3 Å². The van der Waals surface area contributed by atoms with Crippen LogP contribution < -0.4 is 0 Å². The lowest BCUT2D eigenvalue weighted by Gasteiger charge is -2.02. The van der Waals surface area contributed by atoms with Gasteiger partial charge < -0.3 is 0 Å². The van der Waals surface area contributed by atoms with Crippen molar-refractivity contribution < 1.29 is 0 Å². The van der Waals surface area contributed by atoms with Gasteiger partial charge in [0.25, 0.3) is 0 Å². The van der Waals surface area contributed by atoms with Gasteiger partial charge in [-0.25, -0.2) is 0 Å². The Labute approximate surface area is 91.3 Å². The summed E-state index contributed by atoms with van der Waals surface area (Å²) >= 11 is 5.17. The van der Waals surface area contributed by atoms with Gasteiger partial charge in [-0.3, -0.25) is 0 Å². The van der Waals surface area contributed by atoms with Crippen molar-refractivity contribution in [2.45, 2.75) is 17.7 Å². The van der Waals surface area contributed by atoms with Crippen LogP contribution in [0.15, 0.2) is 27.6 Å². The molecular formula is C10H10BrNS. The molecule has 0 unspecified atom stereocenters. The van der Waals surface area contributed by atoms with E-state index in [1.165, 1.54) is 10.5 Å². The summed E-state index contributed by atoms with van der Waals surface area (Å²) in [6, 6.07) is 8.43. The van der Waals surface area contributed by atoms with Crippen LogP contribution >= 0.6 is 27.7 Å². The van der Waals surface area contributed by atoms with Crippen LogP contribution in [-0.2, 0) is 6.42 Å². The standard InChI is InChI=1S/C10H10BrNS/c1-13-10-6-8(3-2-4-12)5-9(11)7-10/h5-7H,2-3H2,1H3. The fraction of sp³-hybridized carbons (Fsp3) is 0.300. The van der Waals surface area contributed by atoms with Crippen LogP contribution in [0.5, 0.6) is 0 Å². The molecule has 3 heteroatoms. The highest BCUT2D eigenvalue weighted by Crippen LogP contribution is 2.23. The Kier molecular flexibility index (Phi) is 4.34. The van der Waals surface area contributed by atoms with Gasteiger partial charge >= 0.3 is 0 Å². The molecule has 0 spiro atoms. The first-order valence-corrected chi connectivity index (χ1v) is 5.98. The number of hydrogen-bond donors (Lipinski definition) is 0. The molecule has 0 bridgehead atoms. The third kappa shape index (κ3) is 3.41. The molecule has 1 nitrogen and oxygen atoms in total. The summed E-state index contributed by atoms with van der Waals surface area (Å²) in [7, 11) is 0. The third-order valence-corrected chi connectivity index (χ3v) is 2.86. The average molecular weight is 256 g/mol. The number of hydrogen-bond acceptors (Lipinski definition) is 2. The zero-order valence-corrected chi connectivity index (χ0v) is 9.78. The number of halogens is 1. The first kappa shape index (κ1) is 10.6. The Morgan fingerprint density at radius 3 is 2.85 bits per heavy atom. The van der Waals surface area contributed by atoms with Gasteiger partial charge in [-0.2, -0.15) is 5.26 Å². The zero-order valence-electron chi connectivity index (χ0n) is 7.38. The van der Waals surface area contributed by atoms with Crippen molar-refractivity contribution in [2.75, 3.05) is 6.26 Å². The Bertz CT molecular complexity index is 330. The van der Waals surface area contributed by atoms with E-state index in [1.54, 1.807) is 11.8 Å². The van der Waals surface area contributed by atoms with Gasteiger partial charge in [0.1, 0.15) is 0 Å². The van der Waals surface area contributed by atoms with Gasteiger partial charge in [0.2, 0.25) is 0 Å². The molecule has 1 aromatic carbocycles. The minimum atomic E-state index is 0.588. The highest BCUT2D eigenvalue weighted by molar-refractivity contribution is 9.10. The van der Waals surface area contributed by atoms with Crippen molar-refractivity contribution in [1.82, 2.24) is 0 Å². The normalized spacial score (nSPS) is 9.62. The van der Waals surface area contributed by atoms with Crippen molar-refractivity contribution in [1.29, 1.82) is 5.26 Å². The Hall–Kier alpha value is -0.460. The second kappa shape index (κ2) is 5.31. The van der Waals surface area contributed by atoms with E-state index in [4.69, 9.17) is 5.26 Å². The van der Waals surface area contributed by atoms with E-state index < -0.39 is 0 Å². The second-order valence-corrected chi connectivity index (χ2v) is 4.45. The highest BCUT2D eigenvalue weighted by Gasteiger charge is 1.98. The molecule has 0 saturated carbocycles. The van der Waals surface area contributed by atoms with E-state index in [-0.39, 0.29) is 0 Å². The molecule has 0 atom stereocenters. The lowest BCUT2D eigenvalue weighted by atomic mass is 10.1. The molecule has 0 aliphatic rings. The molecule has 0 radical (unpaired) electrons. The van der Waals surface area contributed by atoms with Crippen molar-refractivity contribution in [3.05, 3.63) is 28.2 Å². The number of nitriles is 1. The molecule has 0 fully saturated rings. The van der Waals surface area contributed by atoms with Gasteiger partial charge in [-0.1, -0.05) is 15.9 Å². The quantitative estimate of drug-likeness (QED) is 0.771. The highest BCUT2D eigenvalue weighted by atomic mass is 79.9. The maximum atomic E-state index is 8.46. The van der Waals surface area contributed by atoms with Crippen LogP contribution in [0.3, 0.4) is 0 Å². The van der Waals surface area contributed by atoms with Crippen LogP contribution in [0.2, 0.25) is 0 Å². The molecule has 0 aromatic heterocycles. The molecule has 0 saturated heterocycles. The van der Waals surface area contributed by atoms with E-state index in [0.717, 1.165) is 10.9 Å². The summed E-state index contributed by atoms with van der Waals surface area (Å²) in [4.78, 5) is 1.24. The lowest BCUT2D eigenvalue weighted by molar-refractivity contribution is 1.00. The molecule has 0 aliphatic carbocycles. The summed E-state index contributed by atoms with van der Waals surface area (Å²) in [5, 5.41) is 8.46. The molecule has 13 heavy (non-hydrogen) atoms. The largest absolute Gasteiger partial charge is 0.198 e. The average Bonchev–Trinajstić information content (AvgIpc) is 2.14. The molecule has 0 amide bonds. The molecular weight excluding hydrogens is 246 g/mol. The first-order chi connectivity index (χ1) is 6.26. The Morgan fingerprint density at radius 2 is 2.23 bits per heavy atom. The molecule has 0 N–H and O–H groups in total. The number of thioether (sulfide) groups is 1. The van der Waals surface area contributed by atoms with Crippen molar-refractivity contribution >= 4 is 27.7 Å².